The summed E-state index contributed by atoms with van der Waals surface area (Å²) < 4.78 is 48.6. The Kier molecular flexibility index (Phi) is 5.44. The fraction of sp³-hybridized carbons (Fsp3) is 0.188. The van der Waals surface area contributed by atoms with Gasteiger partial charge >= 0.3 is 6.18 Å². The van der Waals surface area contributed by atoms with Crippen LogP contribution in [-0.2, 0) is 6.18 Å². The number of methoxy groups -OCH3 is 1. The van der Waals surface area contributed by atoms with Gasteiger partial charge in [-0.1, -0.05) is 6.07 Å². The third kappa shape index (κ3) is 4.84. The average molecular weight is 351 g/mol. The van der Waals surface area contributed by atoms with E-state index in [0.717, 1.165) is 12.1 Å². The Balaban J connectivity index is 2.30. The number of halogens is 3. The van der Waals surface area contributed by atoms with Crippen LogP contribution in [0.15, 0.2) is 36.4 Å². The topological polar surface area (TPSA) is 84.2 Å². The molecular weight excluding hydrogens is 339 g/mol. The first kappa shape index (κ1) is 18.1. The van der Waals surface area contributed by atoms with Gasteiger partial charge in [0.1, 0.15) is 23.7 Å². The molecule has 1 aromatic heterocycles. The maximum Gasteiger partial charge on any atom is 0.416 e. The van der Waals surface area contributed by atoms with Gasteiger partial charge in [-0.3, -0.25) is 4.79 Å². The second-order valence-corrected chi connectivity index (χ2v) is 4.70. The highest BCUT2D eigenvalue weighted by atomic mass is 19.4. The van der Waals surface area contributed by atoms with Crippen LogP contribution >= 0.6 is 0 Å². The predicted octanol–water partition coefficient (Wildman–Crippen LogP) is 3.15. The Bertz CT molecular complexity index is 816. The van der Waals surface area contributed by atoms with Crippen molar-refractivity contribution in [2.75, 3.05) is 13.7 Å². The first-order valence-electron chi connectivity index (χ1n) is 6.90. The van der Waals surface area contributed by atoms with Crippen molar-refractivity contribution in [1.82, 2.24) is 10.3 Å². The molecule has 0 bridgehead atoms. The quantitative estimate of drug-likeness (QED) is 0.837. The molecule has 1 N–H and O–H groups in total. The number of nitrogens with one attached hydrogen (secondary N) is 1. The smallest absolute Gasteiger partial charge is 0.416 e. The molecule has 130 valence electrons. The summed E-state index contributed by atoms with van der Waals surface area (Å²) in [6.45, 7) is -0.221. The molecular formula is C16H12F3N3O3. The zero-order valence-corrected chi connectivity index (χ0v) is 12.9. The monoisotopic (exact) mass is 351 g/mol. The first-order chi connectivity index (χ1) is 11.8. The van der Waals surface area contributed by atoms with E-state index in [9.17, 15) is 18.0 Å². The van der Waals surface area contributed by atoms with Crippen LogP contribution in [0.3, 0.4) is 0 Å². The molecule has 0 aliphatic carbocycles. The summed E-state index contributed by atoms with van der Waals surface area (Å²) in [5, 5.41) is 10.8. The number of nitriles is 1. The van der Waals surface area contributed by atoms with Gasteiger partial charge in [0, 0.05) is 12.1 Å². The second kappa shape index (κ2) is 7.53. The van der Waals surface area contributed by atoms with E-state index in [1.807, 2.05) is 0 Å². The van der Waals surface area contributed by atoms with Crippen molar-refractivity contribution in [1.29, 1.82) is 5.26 Å². The lowest BCUT2D eigenvalue weighted by Gasteiger charge is -2.11. The first-order valence-corrected chi connectivity index (χ1v) is 6.90. The number of carbonyl (C=O) groups is 1. The molecule has 1 heterocycles. The highest BCUT2D eigenvalue weighted by Gasteiger charge is 2.30. The van der Waals surface area contributed by atoms with Gasteiger partial charge in [0.15, 0.2) is 0 Å². The molecule has 0 aliphatic rings. The number of hydrogen-bond donors (Lipinski definition) is 1. The average Bonchev–Trinajstić information content (AvgIpc) is 2.58. The molecule has 0 radical (unpaired) electrons. The summed E-state index contributed by atoms with van der Waals surface area (Å²) in [6.07, 6.45) is -4.51. The van der Waals surface area contributed by atoms with E-state index in [4.69, 9.17) is 14.7 Å². The SMILES string of the molecule is COc1cc(Oc2cccc(C(F)(F)F)c2)nc(C(=O)NCC#N)c1. The van der Waals surface area contributed by atoms with Crippen LogP contribution in [-0.4, -0.2) is 24.5 Å². The summed E-state index contributed by atoms with van der Waals surface area (Å²) in [6, 6.07) is 8.62. The van der Waals surface area contributed by atoms with Gasteiger partial charge in [0.25, 0.3) is 5.91 Å². The molecule has 0 saturated carbocycles. The van der Waals surface area contributed by atoms with Crippen LogP contribution in [0.1, 0.15) is 16.1 Å². The fourth-order valence-electron chi connectivity index (χ4n) is 1.83. The van der Waals surface area contributed by atoms with Crippen molar-refractivity contribution in [3.05, 3.63) is 47.7 Å². The third-order valence-corrected chi connectivity index (χ3v) is 2.96. The summed E-state index contributed by atoms with van der Waals surface area (Å²) in [5.41, 5.74) is -0.976. The number of aromatic nitrogens is 1. The number of pyridine rings is 1. The van der Waals surface area contributed by atoms with Crippen molar-refractivity contribution in [3.8, 4) is 23.4 Å². The highest BCUT2D eigenvalue weighted by molar-refractivity contribution is 5.92. The summed E-state index contributed by atoms with van der Waals surface area (Å²) >= 11 is 0. The van der Waals surface area contributed by atoms with Gasteiger partial charge in [-0.2, -0.15) is 18.4 Å². The maximum atomic E-state index is 12.7. The van der Waals surface area contributed by atoms with Crippen LogP contribution in [0.5, 0.6) is 17.4 Å². The van der Waals surface area contributed by atoms with Crippen LogP contribution in [0.25, 0.3) is 0 Å². The minimum absolute atomic E-state index is 0.0982. The van der Waals surface area contributed by atoms with Gasteiger partial charge in [-0.25, -0.2) is 4.98 Å². The Morgan fingerprint density at radius 2 is 2.04 bits per heavy atom. The molecule has 0 fully saturated rings. The second-order valence-electron chi connectivity index (χ2n) is 4.70. The van der Waals surface area contributed by atoms with Gasteiger partial charge in [-0.05, 0) is 18.2 Å². The molecule has 0 spiro atoms. The predicted molar refractivity (Wildman–Crippen MR) is 80.3 cm³/mol. The molecule has 2 rings (SSSR count). The Labute approximate surface area is 140 Å². The largest absolute Gasteiger partial charge is 0.496 e. The van der Waals surface area contributed by atoms with E-state index >= 15 is 0 Å². The summed E-state index contributed by atoms with van der Waals surface area (Å²) in [4.78, 5) is 15.8. The van der Waals surface area contributed by atoms with E-state index < -0.39 is 17.6 Å². The van der Waals surface area contributed by atoms with Crippen molar-refractivity contribution in [2.45, 2.75) is 6.18 Å². The summed E-state index contributed by atoms with van der Waals surface area (Å²) in [7, 11) is 1.35. The van der Waals surface area contributed by atoms with Crippen LogP contribution in [0, 0.1) is 11.3 Å². The maximum absolute atomic E-state index is 12.7. The van der Waals surface area contributed by atoms with Gasteiger partial charge in [0.2, 0.25) is 5.88 Å². The zero-order chi connectivity index (χ0) is 18.4. The molecule has 6 nitrogen and oxygen atoms in total. The summed E-state index contributed by atoms with van der Waals surface area (Å²) in [5.74, 6) is -0.645. The molecule has 0 atom stereocenters. The Morgan fingerprint density at radius 1 is 1.28 bits per heavy atom. The number of benzene rings is 1. The molecule has 25 heavy (non-hydrogen) atoms. The lowest BCUT2D eigenvalue weighted by atomic mass is 10.2. The minimum atomic E-state index is -4.51. The van der Waals surface area contributed by atoms with E-state index in [2.05, 4.69) is 10.3 Å². The van der Waals surface area contributed by atoms with E-state index in [0.29, 0.717) is 0 Å². The van der Waals surface area contributed by atoms with E-state index in [-0.39, 0.29) is 29.6 Å². The number of alkyl halides is 3. The molecule has 2 aromatic rings. The Morgan fingerprint density at radius 3 is 2.68 bits per heavy atom. The van der Waals surface area contributed by atoms with Crippen molar-refractivity contribution in [3.63, 3.8) is 0 Å². The minimum Gasteiger partial charge on any atom is -0.496 e. The van der Waals surface area contributed by atoms with Gasteiger partial charge < -0.3 is 14.8 Å². The number of nitrogens with zero attached hydrogens (tertiary/aromatic N) is 2. The molecule has 1 amide bonds. The van der Waals surface area contributed by atoms with E-state index in [1.54, 1.807) is 6.07 Å². The number of rotatable bonds is 5. The standard InChI is InChI=1S/C16H12F3N3O3/c1-24-12-8-13(15(23)21-6-5-20)22-14(9-12)25-11-4-2-3-10(7-11)16(17,18)19/h2-4,7-9H,6H2,1H3,(H,21,23). The Hall–Kier alpha value is -3.28. The lowest BCUT2D eigenvalue weighted by Crippen LogP contribution is -2.24. The molecule has 1 aromatic carbocycles. The van der Waals surface area contributed by atoms with Crippen LogP contribution in [0.2, 0.25) is 0 Å². The van der Waals surface area contributed by atoms with Crippen molar-refractivity contribution in [2.24, 2.45) is 0 Å². The highest BCUT2D eigenvalue weighted by Crippen LogP contribution is 2.33. The number of hydrogen-bond acceptors (Lipinski definition) is 5. The number of ether oxygens (including phenoxy) is 2. The number of carbonyl (C=O) groups excluding carboxylic acids is 1. The fourth-order valence-corrected chi connectivity index (χ4v) is 1.83. The van der Waals surface area contributed by atoms with Crippen LogP contribution < -0.4 is 14.8 Å². The lowest BCUT2D eigenvalue weighted by molar-refractivity contribution is -0.137. The molecule has 0 unspecified atom stereocenters. The normalized spacial score (nSPS) is 10.7. The van der Waals surface area contributed by atoms with Crippen LogP contribution in [0.4, 0.5) is 13.2 Å². The molecule has 0 aliphatic heterocycles. The molecule has 0 saturated heterocycles. The third-order valence-electron chi connectivity index (χ3n) is 2.96. The van der Waals surface area contributed by atoms with Gasteiger partial charge in [0.05, 0.1) is 18.7 Å². The zero-order valence-electron chi connectivity index (χ0n) is 12.9. The van der Waals surface area contributed by atoms with Crippen molar-refractivity contribution < 1.29 is 27.4 Å². The van der Waals surface area contributed by atoms with Crippen molar-refractivity contribution >= 4 is 5.91 Å². The van der Waals surface area contributed by atoms with E-state index in [1.165, 1.54) is 31.4 Å². The number of amides is 1. The molecule has 9 heteroatoms. The van der Waals surface area contributed by atoms with Gasteiger partial charge in [-0.15, -0.1) is 0 Å².